The van der Waals surface area contributed by atoms with Gasteiger partial charge >= 0.3 is 6.18 Å². The molecule has 9 heteroatoms. The number of alkyl halides is 3. The highest BCUT2D eigenvalue weighted by Crippen LogP contribution is 2.41. The Morgan fingerprint density at radius 3 is 2.75 bits per heavy atom. The van der Waals surface area contributed by atoms with Crippen molar-refractivity contribution in [1.82, 2.24) is 9.38 Å². The van der Waals surface area contributed by atoms with Gasteiger partial charge in [0.1, 0.15) is 11.6 Å². The van der Waals surface area contributed by atoms with Crippen molar-refractivity contribution in [3.05, 3.63) is 59.8 Å². The van der Waals surface area contributed by atoms with Gasteiger partial charge in [0.25, 0.3) is 0 Å². The van der Waals surface area contributed by atoms with Crippen LogP contribution in [0.25, 0.3) is 11.1 Å². The Balaban J connectivity index is 1.85. The van der Waals surface area contributed by atoms with E-state index in [0.717, 1.165) is 0 Å². The highest BCUT2D eigenvalue weighted by Gasteiger charge is 2.40. The van der Waals surface area contributed by atoms with Crippen molar-refractivity contribution in [3.8, 4) is 5.75 Å². The van der Waals surface area contributed by atoms with Crippen molar-refractivity contribution in [2.24, 2.45) is 0 Å². The molecule has 144 valence electrons. The van der Waals surface area contributed by atoms with Crippen LogP contribution in [0.3, 0.4) is 0 Å². The molecule has 1 aromatic carbocycles. The first kappa shape index (κ1) is 18.0. The van der Waals surface area contributed by atoms with Gasteiger partial charge in [-0.05, 0) is 23.8 Å². The number of ether oxygens (including phenoxy) is 1. The summed E-state index contributed by atoms with van der Waals surface area (Å²) in [6.45, 7) is 0. The summed E-state index contributed by atoms with van der Waals surface area (Å²) in [7, 11) is 1.40. The maximum atomic E-state index is 14.3. The van der Waals surface area contributed by atoms with E-state index in [0.29, 0.717) is 11.8 Å². The van der Waals surface area contributed by atoms with Crippen LogP contribution in [-0.2, 0) is 11.2 Å². The zero-order chi connectivity index (χ0) is 20.1. The Hall–Kier alpha value is -3.36. The SMILES string of the molecule is COc1ccc(Nc2nccn3cc4c(c23)CC(=O)C=C4C(F)(F)F)c(F)c1. The maximum Gasteiger partial charge on any atom is 0.417 e. The zero-order valence-electron chi connectivity index (χ0n) is 14.5. The molecule has 1 aliphatic rings. The third-order valence-corrected chi connectivity index (χ3v) is 4.47. The van der Waals surface area contributed by atoms with Crippen molar-refractivity contribution < 1.29 is 27.1 Å². The van der Waals surface area contributed by atoms with Gasteiger partial charge in [0.05, 0.1) is 23.9 Å². The van der Waals surface area contributed by atoms with Crippen LogP contribution in [0.2, 0.25) is 0 Å². The molecule has 0 saturated carbocycles. The highest BCUT2D eigenvalue weighted by molar-refractivity contribution is 6.05. The topological polar surface area (TPSA) is 55.6 Å². The molecular weight excluding hydrogens is 378 g/mol. The van der Waals surface area contributed by atoms with Gasteiger partial charge in [0.2, 0.25) is 0 Å². The Bertz CT molecular complexity index is 1130. The first-order valence-corrected chi connectivity index (χ1v) is 8.19. The molecular formula is C19H13F4N3O2. The van der Waals surface area contributed by atoms with Crippen LogP contribution in [-0.4, -0.2) is 28.5 Å². The molecule has 0 amide bonds. The lowest BCUT2D eigenvalue weighted by molar-refractivity contribution is -0.114. The fourth-order valence-corrected chi connectivity index (χ4v) is 3.24. The van der Waals surface area contributed by atoms with E-state index in [4.69, 9.17) is 4.74 Å². The second kappa shape index (κ2) is 6.36. The van der Waals surface area contributed by atoms with E-state index < -0.39 is 23.3 Å². The number of benzene rings is 1. The third kappa shape index (κ3) is 2.98. The standard InChI is InChI=1S/C19H13F4N3O2/c1-28-11-2-3-16(15(20)8-11)25-18-17-12-6-10(27)7-14(19(21,22)23)13(12)9-26(17)5-4-24-18/h2-5,7-9H,6H2,1H3,(H,24,25). The number of fused-ring (bicyclic) bond motifs is 3. The highest BCUT2D eigenvalue weighted by atomic mass is 19.4. The number of halogens is 4. The Morgan fingerprint density at radius 2 is 2.07 bits per heavy atom. The van der Waals surface area contributed by atoms with Crippen LogP contribution in [0.5, 0.6) is 5.75 Å². The second-order valence-corrected chi connectivity index (χ2v) is 6.22. The summed E-state index contributed by atoms with van der Waals surface area (Å²) in [4.78, 5) is 16.1. The van der Waals surface area contributed by atoms with Crippen LogP contribution in [0.15, 0.2) is 42.9 Å². The predicted molar refractivity (Wildman–Crippen MR) is 94.2 cm³/mol. The molecule has 2 aromatic heterocycles. The number of methoxy groups -OCH3 is 1. The van der Waals surface area contributed by atoms with Crippen LogP contribution < -0.4 is 10.1 Å². The molecule has 1 aliphatic carbocycles. The number of ketones is 1. The fourth-order valence-electron chi connectivity index (χ4n) is 3.24. The number of carbonyl (C=O) groups excluding carboxylic acids is 1. The van der Waals surface area contributed by atoms with E-state index in [9.17, 15) is 22.4 Å². The van der Waals surface area contributed by atoms with Crippen LogP contribution >= 0.6 is 0 Å². The Kier molecular flexibility index (Phi) is 4.10. The van der Waals surface area contributed by atoms with E-state index in [1.54, 1.807) is 0 Å². The molecule has 0 radical (unpaired) electrons. The van der Waals surface area contributed by atoms with Gasteiger partial charge in [-0.25, -0.2) is 9.37 Å². The van der Waals surface area contributed by atoms with Gasteiger partial charge in [-0.15, -0.1) is 0 Å². The number of carbonyl (C=O) groups is 1. The lowest BCUT2D eigenvalue weighted by Crippen LogP contribution is -2.18. The molecule has 1 N–H and O–H groups in total. The van der Waals surface area contributed by atoms with E-state index in [2.05, 4.69) is 10.3 Å². The summed E-state index contributed by atoms with van der Waals surface area (Å²) >= 11 is 0. The number of hydrogen-bond donors (Lipinski definition) is 1. The number of anilines is 2. The minimum absolute atomic E-state index is 0.0741. The quantitative estimate of drug-likeness (QED) is 0.677. The van der Waals surface area contributed by atoms with Gasteiger partial charge < -0.3 is 14.5 Å². The van der Waals surface area contributed by atoms with E-state index in [-0.39, 0.29) is 34.6 Å². The van der Waals surface area contributed by atoms with Crippen molar-refractivity contribution in [2.45, 2.75) is 12.6 Å². The smallest absolute Gasteiger partial charge is 0.417 e. The molecule has 0 unspecified atom stereocenters. The summed E-state index contributed by atoms with van der Waals surface area (Å²) < 4.78 is 60.8. The number of rotatable bonds is 3. The Labute approximate surface area is 156 Å². The van der Waals surface area contributed by atoms with E-state index >= 15 is 0 Å². The molecule has 4 rings (SSSR count). The average Bonchev–Trinajstić information content (AvgIpc) is 3.01. The van der Waals surface area contributed by atoms with Gasteiger partial charge in [-0.2, -0.15) is 13.2 Å². The lowest BCUT2D eigenvalue weighted by Gasteiger charge is -2.16. The summed E-state index contributed by atoms with van der Waals surface area (Å²) in [6, 6.07) is 4.14. The van der Waals surface area contributed by atoms with Crippen molar-refractivity contribution in [1.29, 1.82) is 0 Å². The molecule has 5 nitrogen and oxygen atoms in total. The molecule has 0 aliphatic heterocycles. The molecule has 28 heavy (non-hydrogen) atoms. The first-order chi connectivity index (χ1) is 13.3. The molecule has 3 aromatic rings. The number of nitrogens with zero attached hydrogens (tertiary/aromatic N) is 2. The van der Waals surface area contributed by atoms with Crippen LogP contribution in [0.4, 0.5) is 29.1 Å². The van der Waals surface area contributed by atoms with Gasteiger partial charge in [0, 0.05) is 36.6 Å². The molecule has 0 bridgehead atoms. The number of nitrogens with one attached hydrogen (secondary N) is 1. The van der Waals surface area contributed by atoms with E-state index in [1.165, 1.54) is 48.3 Å². The molecule has 0 saturated heterocycles. The molecule has 0 atom stereocenters. The minimum atomic E-state index is -4.67. The van der Waals surface area contributed by atoms with Crippen molar-refractivity contribution in [2.75, 3.05) is 12.4 Å². The number of hydrogen-bond acceptors (Lipinski definition) is 4. The lowest BCUT2D eigenvalue weighted by atomic mass is 9.92. The number of aromatic nitrogens is 2. The van der Waals surface area contributed by atoms with Crippen LogP contribution in [0, 0.1) is 5.82 Å². The van der Waals surface area contributed by atoms with Gasteiger partial charge in [0.15, 0.2) is 11.6 Å². The van der Waals surface area contributed by atoms with Gasteiger partial charge in [-0.3, -0.25) is 4.79 Å². The normalized spacial score (nSPS) is 14.0. The summed E-state index contributed by atoms with van der Waals surface area (Å²) in [6.07, 6.45) is -0.0996. The monoisotopic (exact) mass is 391 g/mol. The van der Waals surface area contributed by atoms with Gasteiger partial charge in [-0.1, -0.05) is 0 Å². The van der Waals surface area contributed by atoms with Crippen LogP contribution in [0.1, 0.15) is 11.1 Å². The third-order valence-electron chi connectivity index (χ3n) is 4.47. The zero-order valence-corrected chi connectivity index (χ0v) is 14.5. The second-order valence-electron chi connectivity index (χ2n) is 6.22. The van der Waals surface area contributed by atoms with Crippen molar-refractivity contribution >= 4 is 28.4 Å². The largest absolute Gasteiger partial charge is 0.497 e. The van der Waals surface area contributed by atoms with Crippen molar-refractivity contribution in [3.63, 3.8) is 0 Å². The molecule has 0 spiro atoms. The Morgan fingerprint density at radius 1 is 1.29 bits per heavy atom. The summed E-state index contributed by atoms with van der Waals surface area (Å²) in [5.74, 6) is -0.808. The predicted octanol–water partition coefficient (Wildman–Crippen LogP) is 4.30. The maximum absolute atomic E-state index is 14.3. The number of allylic oxidation sites excluding steroid dienone is 2. The first-order valence-electron chi connectivity index (χ1n) is 8.19. The van der Waals surface area contributed by atoms with E-state index in [1.807, 2.05) is 0 Å². The summed E-state index contributed by atoms with van der Waals surface area (Å²) in [5.41, 5.74) is -0.521. The molecule has 2 heterocycles. The molecule has 0 fully saturated rings. The minimum Gasteiger partial charge on any atom is -0.497 e. The summed E-state index contributed by atoms with van der Waals surface area (Å²) in [5, 5.41) is 2.80. The fraction of sp³-hybridized carbons (Fsp3) is 0.158. The average molecular weight is 391 g/mol.